The van der Waals surface area contributed by atoms with Crippen molar-refractivity contribution < 1.29 is 24.3 Å². The van der Waals surface area contributed by atoms with Crippen LogP contribution in [0.1, 0.15) is 25.7 Å². The average Bonchev–Trinajstić information content (AvgIpc) is 3.22. The maximum Gasteiger partial charge on any atom is 0.327 e. The molecule has 1 fully saturated rings. The maximum atomic E-state index is 12.9. The van der Waals surface area contributed by atoms with Crippen molar-refractivity contribution in [1.29, 1.82) is 0 Å². The number of nitrogens with zero attached hydrogens (tertiary/aromatic N) is 2. The van der Waals surface area contributed by atoms with Crippen LogP contribution in [0.5, 0.6) is 0 Å². The number of guanidine groups is 1. The van der Waals surface area contributed by atoms with E-state index in [4.69, 9.17) is 22.3 Å². The van der Waals surface area contributed by atoms with Gasteiger partial charge in [0.15, 0.2) is 5.96 Å². The van der Waals surface area contributed by atoms with E-state index in [1.165, 1.54) is 4.90 Å². The number of carbonyl (C=O) groups excluding carboxylic acids is 3. The van der Waals surface area contributed by atoms with Gasteiger partial charge in [-0.3, -0.25) is 19.4 Å². The fourth-order valence-electron chi connectivity index (χ4n) is 3.09. The molecule has 176 valence electrons. The van der Waals surface area contributed by atoms with Gasteiger partial charge < -0.3 is 37.8 Å². The van der Waals surface area contributed by atoms with Crippen LogP contribution in [0.4, 0.5) is 0 Å². The van der Waals surface area contributed by atoms with E-state index in [1.54, 1.807) is 0 Å². The van der Waals surface area contributed by atoms with Gasteiger partial charge in [0.05, 0.1) is 6.04 Å². The van der Waals surface area contributed by atoms with Crippen LogP contribution >= 0.6 is 25.3 Å². The van der Waals surface area contributed by atoms with E-state index < -0.39 is 42.0 Å². The highest BCUT2D eigenvalue weighted by atomic mass is 32.1. The molecule has 31 heavy (non-hydrogen) atoms. The number of rotatable bonds is 12. The molecule has 1 rings (SSSR count). The molecule has 1 heterocycles. The number of carbonyl (C=O) groups is 4. The smallest absolute Gasteiger partial charge is 0.327 e. The quantitative estimate of drug-likeness (QED) is 0.0639. The average molecular weight is 478 g/mol. The lowest BCUT2D eigenvalue weighted by atomic mass is 10.1. The zero-order valence-corrected chi connectivity index (χ0v) is 18.9. The van der Waals surface area contributed by atoms with E-state index >= 15 is 0 Å². The first kappa shape index (κ1) is 26.8. The van der Waals surface area contributed by atoms with Crippen LogP contribution in [-0.4, -0.2) is 88.4 Å². The van der Waals surface area contributed by atoms with Gasteiger partial charge in [0.1, 0.15) is 18.1 Å². The molecule has 0 bridgehead atoms. The molecule has 4 unspecified atom stereocenters. The first-order chi connectivity index (χ1) is 14.6. The first-order valence-corrected chi connectivity index (χ1v) is 11.1. The van der Waals surface area contributed by atoms with Crippen molar-refractivity contribution in [2.45, 2.75) is 49.9 Å². The SMILES string of the molecule is NC(N)=NCCCC(NC(=O)C1CCCN1C(=O)C(N)CS)C(=O)NC(CS)C(=O)O. The second-order valence-corrected chi connectivity index (χ2v) is 7.80. The summed E-state index contributed by atoms with van der Waals surface area (Å²) in [5.41, 5.74) is 16.3. The highest BCUT2D eigenvalue weighted by Gasteiger charge is 2.37. The Morgan fingerprint density at radius 3 is 2.35 bits per heavy atom. The minimum absolute atomic E-state index is 0.105. The van der Waals surface area contributed by atoms with Crippen LogP contribution in [0.25, 0.3) is 0 Å². The number of thiol groups is 2. The van der Waals surface area contributed by atoms with E-state index in [0.717, 1.165) is 0 Å². The maximum absolute atomic E-state index is 12.9. The molecule has 1 saturated heterocycles. The van der Waals surface area contributed by atoms with E-state index in [0.29, 0.717) is 25.8 Å². The second-order valence-electron chi connectivity index (χ2n) is 7.07. The Morgan fingerprint density at radius 2 is 1.81 bits per heavy atom. The van der Waals surface area contributed by atoms with E-state index in [9.17, 15) is 19.2 Å². The molecule has 0 radical (unpaired) electrons. The Kier molecular flexibility index (Phi) is 11.5. The number of nitrogens with one attached hydrogen (secondary N) is 2. The predicted octanol–water partition coefficient (Wildman–Crippen LogP) is -2.73. The topological polar surface area (TPSA) is 206 Å². The van der Waals surface area contributed by atoms with Crippen LogP contribution in [0.3, 0.4) is 0 Å². The number of aliphatic carboxylic acids is 1. The summed E-state index contributed by atoms with van der Waals surface area (Å²) >= 11 is 7.94. The van der Waals surface area contributed by atoms with Gasteiger partial charge in [0.25, 0.3) is 0 Å². The van der Waals surface area contributed by atoms with E-state index in [-0.39, 0.29) is 36.3 Å². The monoisotopic (exact) mass is 477 g/mol. The van der Waals surface area contributed by atoms with Crippen LogP contribution in [0.2, 0.25) is 0 Å². The summed E-state index contributed by atoms with van der Waals surface area (Å²) in [6.07, 6.45) is 1.55. The standard InChI is InChI=1S/C17H31N7O5S2/c18-9(7-30)15(27)24-6-2-4-12(24)14(26)22-10(3-1-5-21-17(19)20)13(25)23-11(8-31)16(28)29/h9-12,30-31H,1-8,18H2,(H,22,26)(H,23,25)(H,28,29)(H4,19,20,21). The first-order valence-electron chi connectivity index (χ1n) is 9.79. The molecule has 14 heteroatoms. The Balaban J connectivity index is 2.89. The number of hydrogen-bond donors (Lipinski definition) is 8. The third kappa shape index (κ3) is 8.45. The summed E-state index contributed by atoms with van der Waals surface area (Å²) in [6, 6.07) is -3.86. The van der Waals surface area contributed by atoms with Gasteiger partial charge in [-0.2, -0.15) is 25.3 Å². The normalized spacial score (nSPS) is 18.5. The van der Waals surface area contributed by atoms with Crippen molar-refractivity contribution in [2.24, 2.45) is 22.2 Å². The fourth-order valence-corrected chi connectivity index (χ4v) is 3.50. The summed E-state index contributed by atoms with van der Waals surface area (Å²) in [5, 5.41) is 14.1. The highest BCUT2D eigenvalue weighted by molar-refractivity contribution is 7.80. The lowest BCUT2D eigenvalue weighted by Crippen LogP contribution is -2.57. The van der Waals surface area contributed by atoms with Crippen LogP contribution in [-0.2, 0) is 19.2 Å². The van der Waals surface area contributed by atoms with E-state index in [1.807, 2.05) is 0 Å². The molecule has 9 N–H and O–H groups in total. The Hall–Kier alpha value is -2.19. The lowest BCUT2D eigenvalue weighted by Gasteiger charge is -2.28. The molecule has 12 nitrogen and oxygen atoms in total. The summed E-state index contributed by atoms with van der Waals surface area (Å²) in [7, 11) is 0. The van der Waals surface area contributed by atoms with Gasteiger partial charge in [-0.15, -0.1) is 0 Å². The Labute approximate surface area is 191 Å². The third-order valence-electron chi connectivity index (χ3n) is 4.73. The fraction of sp³-hybridized carbons (Fsp3) is 0.706. The van der Waals surface area contributed by atoms with Crippen molar-refractivity contribution in [3.63, 3.8) is 0 Å². The number of amides is 3. The van der Waals surface area contributed by atoms with Crippen molar-refractivity contribution in [2.75, 3.05) is 24.6 Å². The number of carboxylic acid groups (broad SMARTS) is 1. The molecule has 0 aliphatic carbocycles. The van der Waals surface area contributed by atoms with Crippen molar-refractivity contribution in [3.8, 4) is 0 Å². The number of carboxylic acids is 1. The minimum Gasteiger partial charge on any atom is -0.480 e. The van der Waals surface area contributed by atoms with Crippen LogP contribution in [0, 0.1) is 0 Å². The van der Waals surface area contributed by atoms with Gasteiger partial charge in [-0.1, -0.05) is 0 Å². The molecule has 3 amide bonds. The van der Waals surface area contributed by atoms with Gasteiger partial charge >= 0.3 is 5.97 Å². The molecule has 1 aliphatic rings. The van der Waals surface area contributed by atoms with Crippen molar-refractivity contribution in [3.05, 3.63) is 0 Å². The van der Waals surface area contributed by atoms with Crippen molar-refractivity contribution >= 4 is 54.9 Å². The summed E-state index contributed by atoms with van der Waals surface area (Å²) in [6.45, 7) is 0.599. The number of aliphatic imine (C=N–C) groups is 1. The molecular formula is C17H31N7O5S2. The predicted molar refractivity (Wildman–Crippen MR) is 122 cm³/mol. The van der Waals surface area contributed by atoms with Gasteiger partial charge in [-0.25, -0.2) is 4.79 Å². The lowest BCUT2D eigenvalue weighted by molar-refractivity contribution is -0.142. The number of hydrogen-bond acceptors (Lipinski definition) is 8. The summed E-state index contributed by atoms with van der Waals surface area (Å²) in [4.78, 5) is 54.4. The summed E-state index contributed by atoms with van der Waals surface area (Å²) in [5.74, 6) is -2.92. The molecule has 0 aromatic rings. The molecule has 4 atom stereocenters. The number of likely N-dealkylation sites (tertiary alicyclic amines) is 1. The van der Waals surface area contributed by atoms with Gasteiger partial charge in [0.2, 0.25) is 17.7 Å². The molecule has 0 aromatic heterocycles. The van der Waals surface area contributed by atoms with Crippen LogP contribution in [0.15, 0.2) is 4.99 Å². The molecule has 1 aliphatic heterocycles. The summed E-state index contributed by atoms with van der Waals surface area (Å²) < 4.78 is 0. The van der Waals surface area contributed by atoms with Crippen molar-refractivity contribution in [1.82, 2.24) is 15.5 Å². The molecular weight excluding hydrogens is 446 g/mol. The van der Waals surface area contributed by atoms with Gasteiger partial charge in [0, 0.05) is 24.6 Å². The van der Waals surface area contributed by atoms with E-state index in [2.05, 4.69) is 40.9 Å². The van der Waals surface area contributed by atoms with Crippen LogP contribution < -0.4 is 27.8 Å². The molecule has 0 aromatic carbocycles. The number of nitrogens with two attached hydrogens (primary N) is 3. The minimum atomic E-state index is -1.25. The Bertz CT molecular complexity index is 690. The van der Waals surface area contributed by atoms with Gasteiger partial charge in [-0.05, 0) is 25.7 Å². The Morgan fingerprint density at radius 1 is 1.13 bits per heavy atom. The second kappa shape index (κ2) is 13.3. The molecule has 0 saturated carbocycles. The zero-order valence-electron chi connectivity index (χ0n) is 17.1. The third-order valence-corrected chi connectivity index (χ3v) is 5.49. The largest absolute Gasteiger partial charge is 0.480 e. The zero-order chi connectivity index (χ0) is 23.6. The highest BCUT2D eigenvalue weighted by Crippen LogP contribution is 2.19. The molecule has 0 spiro atoms.